The van der Waals surface area contributed by atoms with Crippen molar-refractivity contribution in [2.45, 2.75) is 18.4 Å². The molecule has 102 valence electrons. The van der Waals surface area contributed by atoms with Gasteiger partial charge in [0.1, 0.15) is 22.9 Å². The normalized spacial score (nSPS) is 12.0. The van der Waals surface area contributed by atoms with E-state index in [2.05, 4.69) is 15.2 Å². The highest BCUT2D eigenvalue weighted by molar-refractivity contribution is 7.89. The first kappa shape index (κ1) is 13.6. The number of sulfonamides is 1. The van der Waals surface area contributed by atoms with Crippen molar-refractivity contribution in [3.63, 3.8) is 0 Å². The van der Waals surface area contributed by atoms with Gasteiger partial charge in [0.25, 0.3) is 0 Å². The zero-order valence-electron chi connectivity index (χ0n) is 10.5. The molecule has 2 aromatic rings. The molecule has 0 aliphatic heterocycles. The molecule has 1 heterocycles. The summed E-state index contributed by atoms with van der Waals surface area (Å²) in [5, 5.41) is 6.18. The van der Waals surface area contributed by atoms with Crippen molar-refractivity contribution in [3.8, 4) is 0 Å². The van der Waals surface area contributed by atoms with Crippen molar-refractivity contribution in [1.82, 2.24) is 19.5 Å². The lowest BCUT2D eigenvalue weighted by Crippen LogP contribution is -2.27. The van der Waals surface area contributed by atoms with E-state index < -0.39 is 15.8 Å². The first-order chi connectivity index (χ1) is 8.91. The van der Waals surface area contributed by atoms with E-state index in [1.807, 2.05) is 0 Å². The Morgan fingerprint density at radius 1 is 1.42 bits per heavy atom. The minimum Gasteiger partial charge on any atom is -0.262 e. The summed E-state index contributed by atoms with van der Waals surface area (Å²) < 4.78 is 39.2. The van der Waals surface area contributed by atoms with E-state index in [0.717, 1.165) is 4.31 Å². The Morgan fingerprint density at radius 2 is 2.16 bits per heavy atom. The number of aromatic amines is 1. The molecule has 0 fully saturated rings. The molecule has 0 aliphatic carbocycles. The van der Waals surface area contributed by atoms with Crippen LogP contribution in [0.4, 0.5) is 4.39 Å². The van der Waals surface area contributed by atoms with E-state index >= 15 is 0 Å². The van der Waals surface area contributed by atoms with Crippen LogP contribution in [0, 0.1) is 12.7 Å². The molecule has 1 N–H and O–H groups in total. The number of benzene rings is 1. The largest absolute Gasteiger partial charge is 0.262 e. The van der Waals surface area contributed by atoms with Crippen LogP contribution >= 0.6 is 0 Å². The van der Waals surface area contributed by atoms with Crippen molar-refractivity contribution < 1.29 is 12.8 Å². The van der Waals surface area contributed by atoms with Crippen LogP contribution in [0.2, 0.25) is 0 Å². The van der Waals surface area contributed by atoms with E-state index in [0.29, 0.717) is 11.4 Å². The number of hydrogen-bond acceptors (Lipinski definition) is 4. The van der Waals surface area contributed by atoms with Crippen molar-refractivity contribution in [3.05, 3.63) is 41.7 Å². The quantitative estimate of drug-likeness (QED) is 0.911. The fourth-order valence-electron chi connectivity index (χ4n) is 1.59. The van der Waals surface area contributed by atoms with Crippen LogP contribution < -0.4 is 0 Å². The summed E-state index contributed by atoms with van der Waals surface area (Å²) >= 11 is 0. The Bertz CT molecular complexity index is 670. The van der Waals surface area contributed by atoms with E-state index in [1.165, 1.54) is 25.5 Å². The van der Waals surface area contributed by atoms with Crippen LogP contribution in [0.25, 0.3) is 0 Å². The molecular formula is C11H13FN4O2S. The average molecular weight is 284 g/mol. The Kier molecular flexibility index (Phi) is 3.63. The monoisotopic (exact) mass is 284 g/mol. The molecule has 0 saturated heterocycles. The van der Waals surface area contributed by atoms with E-state index in [-0.39, 0.29) is 11.4 Å². The van der Waals surface area contributed by atoms with Crippen LogP contribution in [-0.4, -0.2) is 35.0 Å². The van der Waals surface area contributed by atoms with Crippen LogP contribution in [-0.2, 0) is 16.6 Å². The predicted molar refractivity (Wildman–Crippen MR) is 66.2 cm³/mol. The maximum atomic E-state index is 13.7. The maximum absolute atomic E-state index is 13.7. The van der Waals surface area contributed by atoms with Crippen LogP contribution in [0.5, 0.6) is 0 Å². The summed E-state index contributed by atoms with van der Waals surface area (Å²) in [6.07, 6.45) is 1.28. The van der Waals surface area contributed by atoms with Gasteiger partial charge < -0.3 is 0 Å². The van der Waals surface area contributed by atoms with Gasteiger partial charge in [-0.3, -0.25) is 5.10 Å². The van der Waals surface area contributed by atoms with Gasteiger partial charge in [0.05, 0.1) is 6.54 Å². The summed E-state index contributed by atoms with van der Waals surface area (Å²) in [5.41, 5.74) is 0.661. The Hall–Kier alpha value is -1.80. The van der Waals surface area contributed by atoms with Gasteiger partial charge in [0.15, 0.2) is 0 Å². The highest BCUT2D eigenvalue weighted by Gasteiger charge is 2.25. The van der Waals surface area contributed by atoms with Crippen molar-refractivity contribution >= 4 is 10.0 Å². The molecule has 2 rings (SSSR count). The van der Waals surface area contributed by atoms with Gasteiger partial charge >= 0.3 is 0 Å². The van der Waals surface area contributed by atoms with Gasteiger partial charge in [-0.15, -0.1) is 0 Å². The molecule has 0 spiro atoms. The molecule has 0 unspecified atom stereocenters. The molecule has 0 saturated carbocycles. The molecule has 1 aromatic heterocycles. The third-order valence-electron chi connectivity index (χ3n) is 2.61. The zero-order valence-corrected chi connectivity index (χ0v) is 11.3. The molecule has 6 nitrogen and oxygen atoms in total. The fraction of sp³-hybridized carbons (Fsp3) is 0.273. The van der Waals surface area contributed by atoms with Gasteiger partial charge in [-0.1, -0.05) is 6.07 Å². The molecule has 0 amide bonds. The SMILES string of the molecule is Cc1ccc(S(=O)(=O)N(C)Cc2ncn[nH]2)c(F)c1. The zero-order chi connectivity index (χ0) is 14.0. The second kappa shape index (κ2) is 5.06. The van der Waals surface area contributed by atoms with Crippen molar-refractivity contribution in [2.75, 3.05) is 7.05 Å². The van der Waals surface area contributed by atoms with Crippen molar-refractivity contribution in [1.29, 1.82) is 0 Å². The molecular weight excluding hydrogens is 271 g/mol. The van der Waals surface area contributed by atoms with Gasteiger partial charge in [-0.25, -0.2) is 17.8 Å². The summed E-state index contributed by atoms with van der Waals surface area (Å²) in [5.74, 6) is -0.372. The second-order valence-corrected chi connectivity index (χ2v) is 6.14. The minimum atomic E-state index is -3.89. The number of nitrogens with zero attached hydrogens (tertiary/aromatic N) is 3. The third-order valence-corrected chi connectivity index (χ3v) is 4.45. The first-order valence-electron chi connectivity index (χ1n) is 5.48. The first-order valence-corrected chi connectivity index (χ1v) is 6.92. The Labute approximate surface area is 110 Å². The summed E-state index contributed by atoms with van der Waals surface area (Å²) in [7, 11) is -2.53. The summed E-state index contributed by atoms with van der Waals surface area (Å²) in [6.45, 7) is 1.69. The van der Waals surface area contributed by atoms with Crippen LogP contribution in [0.3, 0.4) is 0 Å². The smallest absolute Gasteiger partial charge is 0.246 e. The third kappa shape index (κ3) is 2.79. The maximum Gasteiger partial charge on any atom is 0.246 e. The number of rotatable bonds is 4. The molecule has 1 aromatic carbocycles. The van der Waals surface area contributed by atoms with Gasteiger partial charge in [0, 0.05) is 7.05 Å². The van der Waals surface area contributed by atoms with E-state index in [1.54, 1.807) is 13.0 Å². The van der Waals surface area contributed by atoms with Gasteiger partial charge in [0.2, 0.25) is 10.0 Å². The van der Waals surface area contributed by atoms with E-state index in [4.69, 9.17) is 0 Å². The molecule has 0 radical (unpaired) electrons. The van der Waals surface area contributed by atoms with E-state index in [9.17, 15) is 12.8 Å². The number of halogens is 1. The lowest BCUT2D eigenvalue weighted by molar-refractivity contribution is 0.451. The molecule has 0 bridgehead atoms. The number of nitrogens with one attached hydrogen (secondary N) is 1. The highest BCUT2D eigenvalue weighted by atomic mass is 32.2. The number of H-pyrrole nitrogens is 1. The topological polar surface area (TPSA) is 79.0 Å². The second-order valence-electron chi connectivity index (χ2n) is 4.13. The summed E-state index contributed by atoms with van der Waals surface area (Å²) in [4.78, 5) is 3.49. The van der Waals surface area contributed by atoms with Crippen LogP contribution in [0.1, 0.15) is 11.4 Å². The molecule has 19 heavy (non-hydrogen) atoms. The number of hydrogen-bond donors (Lipinski definition) is 1. The van der Waals surface area contributed by atoms with Gasteiger partial charge in [-0.05, 0) is 24.6 Å². The van der Waals surface area contributed by atoms with Crippen molar-refractivity contribution in [2.24, 2.45) is 0 Å². The Morgan fingerprint density at radius 3 is 2.74 bits per heavy atom. The lowest BCUT2D eigenvalue weighted by atomic mass is 10.2. The average Bonchev–Trinajstić information content (AvgIpc) is 2.81. The predicted octanol–water partition coefficient (Wildman–Crippen LogP) is 1.07. The fourth-order valence-corrected chi connectivity index (χ4v) is 2.76. The number of aryl methyl sites for hydroxylation is 1. The van der Waals surface area contributed by atoms with Crippen LogP contribution in [0.15, 0.2) is 29.4 Å². The molecule has 0 aliphatic rings. The Balaban J connectivity index is 2.31. The lowest BCUT2D eigenvalue weighted by Gasteiger charge is -2.16. The highest BCUT2D eigenvalue weighted by Crippen LogP contribution is 2.20. The molecule has 8 heteroatoms. The van der Waals surface area contributed by atoms with Gasteiger partial charge in [-0.2, -0.15) is 9.40 Å². The molecule has 0 atom stereocenters. The minimum absolute atomic E-state index is 0.00432. The number of aromatic nitrogens is 3. The standard InChI is InChI=1S/C11H13FN4O2S/c1-8-3-4-10(9(12)5-8)19(17,18)16(2)6-11-13-7-14-15-11/h3-5,7H,6H2,1-2H3,(H,13,14,15). The summed E-state index contributed by atoms with van der Waals surface area (Å²) in [6, 6.07) is 4.00.